The molecule has 4 heteroatoms. The van der Waals surface area contributed by atoms with E-state index in [4.69, 9.17) is 11.6 Å². The van der Waals surface area contributed by atoms with Crippen LogP contribution in [-0.4, -0.2) is 42.6 Å². The van der Waals surface area contributed by atoms with E-state index >= 15 is 0 Å². The molecule has 1 aliphatic rings. The van der Waals surface area contributed by atoms with Gasteiger partial charge in [0, 0.05) is 25.7 Å². The Morgan fingerprint density at radius 3 is 2.94 bits per heavy atom. The summed E-state index contributed by atoms with van der Waals surface area (Å²) in [5, 5.41) is 0. The smallest absolute Gasteiger partial charge is 0.128 e. The SMILES string of the molecule is CCC1CN(c2cccc(CCl)n2)CCN1C. The summed E-state index contributed by atoms with van der Waals surface area (Å²) in [6.45, 7) is 5.45. The maximum absolute atomic E-state index is 5.83. The zero-order valence-corrected chi connectivity index (χ0v) is 11.3. The van der Waals surface area contributed by atoms with E-state index in [2.05, 4.69) is 34.8 Å². The van der Waals surface area contributed by atoms with Gasteiger partial charge in [-0.25, -0.2) is 4.98 Å². The number of nitrogens with zero attached hydrogens (tertiary/aromatic N) is 3. The van der Waals surface area contributed by atoms with Crippen molar-refractivity contribution in [1.82, 2.24) is 9.88 Å². The summed E-state index contributed by atoms with van der Waals surface area (Å²) < 4.78 is 0. The molecule has 1 aromatic rings. The quantitative estimate of drug-likeness (QED) is 0.771. The Morgan fingerprint density at radius 1 is 1.41 bits per heavy atom. The van der Waals surface area contributed by atoms with Crippen LogP contribution in [0.2, 0.25) is 0 Å². The maximum Gasteiger partial charge on any atom is 0.128 e. The van der Waals surface area contributed by atoms with Crippen LogP contribution in [0, 0.1) is 0 Å². The predicted molar refractivity (Wildman–Crippen MR) is 72.7 cm³/mol. The Morgan fingerprint density at radius 2 is 2.24 bits per heavy atom. The van der Waals surface area contributed by atoms with E-state index < -0.39 is 0 Å². The molecule has 0 N–H and O–H groups in total. The van der Waals surface area contributed by atoms with Crippen molar-refractivity contribution in [3.05, 3.63) is 23.9 Å². The van der Waals surface area contributed by atoms with Crippen LogP contribution in [0.3, 0.4) is 0 Å². The highest BCUT2D eigenvalue weighted by molar-refractivity contribution is 6.16. The number of rotatable bonds is 3. The molecule has 1 fully saturated rings. The van der Waals surface area contributed by atoms with E-state index in [1.165, 1.54) is 6.42 Å². The summed E-state index contributed by atoms with van der Waals surface area (Å²) in [6, 6.07) is 6.72. The molecule has 0 spiro atoms. The molecule has 2 rings (SSSR count). The lowest BCUT2D eigenvalue weighted by atomic mass is 10.1. The highest BCUT2D eigenvalue weighted by Gasteiger charge is 2.23. The lowest BCUT2D eigenvalue weighted by molar-refractivity contribution is 0.213. The molecule has 3 nitrogen and oxygen atoms in total. The zero-order valence-electron chi connectivity index (χ0n) is 10.6. The van der Waals surface area contributed by atoms with Crippen LogP contribution in [0.5, 0.6) is 0 Å². The molecule has 0 aliphatic carbocycles. The standard InChI is InChI=1S/C13H20ClN3/c1-3-12-10-17(8-7-16(12)2)13-6-4-5-11(9-14)15-13/h4-6,12H,3,7-10H2,1-2H3. The molecule has 1 saturated heterocycles. The summed E-state index contributed by atoms with van der Waals surface area (Å²) >= 11 is 5.83. The molecule has 17 heavy (non-hydrogen) atoms. The fourth-order valence-electron chi connectivity index (χ4n) is 2.31. The van der Waals surface area contributed by atoms with Crippen LogP contribution in [0.4, 0.5) is 5.82 Å². The van der Waals surface area contributed by atoms with Gasteiger partial charge in [-0.1, -0.05) is 13.0 Å². The van der Waals surface area contributed by atoms with Gasteiger partial charge < -0.3 is 4.90 Å². The molecule has 1 unspecified atom stereocenters. The number of piperazine rings is 1. The topological polar surface area (TPSA) is 19.4 Å². The van der Waals surface area contributed by atoms with Gasteiger partial charge in [0.15, 0.2) is 0 Å². The van der Waals surface area contributed by atoms with E-state index in [-0.39, 0.29) is 0 Å². The molecular weight excluding hydrogens is 234 g/mol. The Bertz CT molecular complexity index is 369. The van der Waals surface area contributed by atoms with Crippen molar-refractivity contribution in [2.45, 2.75) is 25.3 Å². The van der Waals surface area contributed by atoms with E-state index in [1.54, 1.807) is 0 Å². The minimum Gasteiger partial charge on any atom is -0.354 e. The van der Waals surface area contributed by atoms with Gasteiger partial charge in [0.2, 0.25) is 0 Å². The largest absolute Gasteiger partial charge is 0.354 e. The number of pyridine rings is 1. The molecule has 1 aromatic heterocycles. The van der Waals surface area contributed by atoms with E-state index in [0.717, 1.165) is 31.1 Å². The Balaban J connectivity index is 2.11. The molecule has 1 atom stereocenters. The van der Waals surface area contributed by atoms with Crippen LogP contribution in [0.25, 0.3) is 0 Å². The molecule has 94 valence electrons. The second kappa shape index (κ2) is 5.69. The average molecular weight is 254 g/mol. The van der Waals surface area contributed by atoms with Crippen molar-refractivity contribution in [3.63, 3.8) is 0 Å². The van der Waals surface area contributed by atoms with Crippen LogP contribution in [0.1, 0.15) is 19.0 Å². The van der Waals surface area contributed by atoms with Gasteiger partial charge in [0.25, 0.3) is 0 Å². The van der Waals surface area contributed by atoms with Gasteiger partial charge >= 0.3 is 0 Å². The number of hydrogen-bond donors (Lipinski definition) is 0. The van der Waals surface area contributed by atoms with Gasteiger partial charge in [-0.3, -0.25) is 4.90 Å². The van der Waals surface area contributed by atoms with Crippen molar-refractivity contribution in [2.75, 3.05) is 31.6 Å². The molecular formula is C13H20ClN3. The lowest BCUT2D eigenvalue weighted by Gasteiger charge is -2.39. The molecule has 0 aromatic carbocycles. The van der Waals surface area contributed by atoms with Crippen molar-refractivity contribution >= 4 is 17.4 Å². The molecule has 0 bridgehead atoms. The number of alkyl halides is 1. The number of halogens is 1. The van der Waals surface area contributed by atoms with E-state index in [1.807, 2.05) is 12.1 Å². The second-order valence-electron chi connectivity index (χ2n) is 4.61. The minimum atomic E-state index is 0.485. The third kappa shape index (κ3) is 2.90. The highest BCUT2D eigenvalue weighted by Crippen LogP contribution is 2.18. The number of anilines is 1. The number of likely N-dealkylation sites (N-methyl/N-ethyl adjacent to an activating group) is 1. The summed E-state index contributed by atoms with van der Waals surface area (Å²) in [5.41, 5.74) is 0.955. The fourth-order valence-corrected chi connectivity index (χ4v) is 2.46. The van der Waals surface area contributed by atoms with Crippen LogP contribution >= 0.6 is 11.6 Å². The number of hydrogen-bond acceptors (Lipinski definition) is 3. The maximum atomic E-state index is 5.83. The van der Waals surface area contributed by atoms with Crippen molar-refractivity contribution in [3.8, 4) is 0 Å². The monoisotopic (exact) mass is 253 g/mol. The number of aromatic nitrogens is 1. The van der Waals surface area contributed by atoms with Crippen molar-refractivity contribution < 1.29 is 0 Å². The van der Waals surface area contributed by atoms with Gasteiger partial charge in [0.1, 0.15) is 5.82 Å². The van der Waals surface area contributed by atoms with Crippen molar-refractivity contribution in [2.24, 2.45) is 0 Å². The zero-order chi connectivity index (χ0) is 12.3. The average Bonchev–Trinajstić information content (AvgIpc) is 2.39. The second-order valence-corrected chi connectivity index (χ2v) is 4.88. The summed E-state index contributed by atoms with van der Waals surface area (Å²) in [4.78, 5) is 9.38. The molecule has 2 heterocycles. The Labute approximate surface area is 108 Å². The van der Waals surface area contributed by atoms with E-state index in [0.29, 0.717) is 11.9 Å². The third-order valence-corrected chi connectivity index (χ3v) is 3.78. The summed E-state index contributed by atoms with van der Waals surface area (Å²) in [7, 11) is 2.20. The lowest BCUT2D eigenvalue weighted by Crippen LogP contribution is -2.51. The molecule has 0 saturated carbocycles. The Kier molecular flexibility index (Phi) is 4.24. The van der Waals surface area contributed by atoms with Gasteiger partial charge in [0.05, 0.1) is 11.6 Å². The van der Waals surface area contributed by atoms with Gasteiger partial charge in [-0.2, -0.15) is 0 Å². The fraction of sp³-hybridized carbons (Fsp3) is 0.615. The first-order valence-electron chi connectivity index (χ1n) is 6.21. The van der Waals surface area contributed by atoms with Crippen LogP contribution in [0.15, 0.2) is 18.2 Å². The van der Waals surface area contributed by atoms with Gasteiger partial charge in [-0.05, 0) is 25.6 Å². The molecule has 1 aliphatic heterocycles. The van der Waals surface area contributed by atoms with Crippen LogP contribution in [-0.2, 0) is 5.88 Å². The first-order chi connectivity index (χ1) is 8.24. The summed E-state index contributed by atoms with van der Waals surface area (Å²) in [5.74, 6) is 1.55. The van der Waals surface area contributed by atoms with E-state index in [9.17, 15) is 0 Å². The highest BCUT2D eigenvalue weighted by atomic mass is 35.5. The van der Waals surface area contributed by atoms with Crippen LogP contribution < -0.4 is 4.90 Å². The first-order valence-corrected chi connectivity index (χ1v) is 6.75. The first kappa shape index (κ1) is 12.7. The Hall–Kier alpha value is -0.800. The summed E-state index contributed by atoms with van der Waals surface area (Å²) in [6.07, 6.45) is 1.18. The minimum absolute atomic E-state index is 0.485. The predicted octanol–water partition coefficient (Wildman–Crippen LogP) is 2.35. The normalized spacial score (nSPS) is 21.8. The van der Waals surface area contributed by atoms with Gasteiger partial charge in [-0.15, -0.1) is 11.6 Å². The molecule has 0 amide bonds. The molecule has 0 radical (unpaired) electrons. The third-order valence-electron chi connectivity index (χ3n) is 3.50. The van der Waals surface area contributed by atoms with Crippen molar-refractivity contribution in [1.29, 1.82) is 0 Å².